The van der Waals surface area contributed by atoms with Gasteiger partial charge in [0.2, 0.25) is 0 Å². The average molecular weight is 247 g/mol. The molecule has 0 bridgehead atoms. The van der Waals surface area contributed by atoms with Crippen molar-refractivity contribution < 1.29 is 9.72 Å². The molecule has 0 aliphatic rings. The van der Waals surface area contributed by atoms with Crippen molar-refractivity contribution in [3.63, 3.8) is 0 Å². The van der Waals surface area contributed by atoms with Crippen LogP contribution in [0.1, 0.15) is 16.6 Å². The summed E-state index contributed by atoms with van der Waals surface area (Å²) >= 11 is 1.38. The Bertz CT molecular complexity index is 572. The number of carbonyl (C=O) groups is 1. The molecule has 86 valence electrons. The fourth-order valence-corrected chi connectivity index (χ4v) is 2.39. The molecule has 0 unspecified atom stereocenters. The van der Waals surface area contributed by atoms with Gasteiger partial charge in [-0.1, -0.05) is 0 Å². The number of hydrogen-bond donors (Lipinski definition) is 0. The molecule has 1 aromatic carbocycles. The van der Waals surface area contributed by atoms with Gasteiger partial charge in [0.05, 0.1) is 9.80 Å². The molecular formula is C12H9NO3S. The Balaban J connectivity index is 2.43. The number of benzene rings is 1. The van der Waals surface area contributed by atoms with E-state index in [1.54, 1.807) is 12.1 Å². The summed E-state index contributed by atoms with van der Waals surface area (Å²) < 4.78 is 0. The molecule has 0 saturated carbocycles. The van der Waals surface area contributed by atoms with Crippen molar-refractivity contribution in [1.29, 1.82) is 0 Å². The van der Waals surface area contributed by atoms with Crippen LogP contribution in [0.2, 0.25) is 0 Å². The minimum atomic E-state index is -0.441. The maximum atomic E-state index is 11.4. The summed E-state index contributed by atoms with van der Waals surface area (Å²) in [6.07, 6.45) is 0. The topological polar surface area (TPSA) is 60.2 Å². The maximum Gasteiger partial charge on any atom is 0.269 e. The van der Waals surface area contributed by atoms with Gasteiger partial charge in [-0.25, -0.2) is 0 Å². The molecule has 0 aliphatic heterocycles. The number of nitrogens with zero attached hydrogens (tertiary/aromatic N) is 1. The predicted octanol–water partition coefficient (Wildman–Crippen LogP) is 3.53. The number of rotatable bonds is 3. The van der Waals surface area contributed by atoms with Crippen LogP contribution in [0.4, 0.5) is 5.69 Å². The maximum absolute atomic E-state index is 11.4. The van der Waals surface area contributed by atoms with Crippen LogP contribution in [-0.4, -0.2) is 10.7 Å². The van der Waals surface area contributed by atoms with E-state index >= 15 is 0 Å². The molecule has 2 rings (SSSR count). The van der Waals surface area contributed by atoms with E-state index < -0.39 is 4.92 Å². The number of nitro benzene ring substituents is 1. The van der Waals surface area contributed by atoms with Crippen molar-refractivity contribution in [2.75, 3.05) is 0 Å². The van der Waals surface area contributed by atoms with Crippen molar-refractivity contribution in [3.05, 3.63) is 50.7 Å². The van der Waals surface area contributed by atoms with Crippen molar-refractivity contribution in [2.24, 2.45) is 0 Å². The molecule has 0 radical (unpaired) electrons. The number of ketones is 1. The van der Waals surface area contributed by atoms with Crippen LogP contribution in [-0.2, 0) is 0 Å². The molecule has 2 aromatic rings. The standard InChI is InChI=1S/C12H9NO3S/c1-8(14)12-11(6-7-17-12)9-2-4-10(5-3-9)13(15)16/h2-7H,1H3. The molecule has 0 fully saturated rings. The summed E-state index contributed by atoms with van der Waals surface area (Å²) in [6.45, 7) is 1.51. The Morgan fingerprint density at radius 2 is 1.88 bits per heavy atom. The lowest BCUT2D eigenvalue weighted by Gasteiger charge is -2.00. The highest BCUT2D eigenvalue weighted by Crippen LogP contribution is 2.29. The van der Waals surface area contributed by atoms with Crippen LogP contribution in [0.15, 0.2) is 35.7 Å². The van der Waals surface area contributed by atoms with Gasteiger partial charge in [-0.05, 0) is 36.1 Å². The van der Waals surface area contributed by atoms with Gasteiger partial charge >= 0.3 is 0 Å². The van der Waals surface area contributed by atoms with Crippen molar-refractivity contribution in [1.82, 2.24) is 0 Å². The molecule has 0 spiro atoms. The van der Waals surface area contributed by atoms with Gasteiger partial charge in [0, 0.05) is 17.7 Å². The smallest absolute Gasteiger partial charge is 0.269 e. The summed E-state index contributed by atoms with van der Waals surface area (Å²) in [7, 11) is 0. The first-order valence-electron chi connectivity index (χ1n) is 4.93. The van der Waals surface area contributed by atoms with E-state index in [-0.39, 0.29) is 11.5 Å². The molecule has 1 aromatic heterocycles. The van der Waals surface area contributed by atoms with Gasteiger partial charge in [-0.2, -0.15) is 0 Å². The third kappa shape index (κ3) is 2.24. The molecule has 17 heavy (non-hydrogen) atoms. The second-order valence-corrected chi connectivity index (χ2v) is 4.44. The number of hydrogen-bond acceptors (Lipinski definition) is 4. The molecule has 0 amide bonds. The highest BCUT2D eigenvalue weighted by Gasteiger charge is 2.12. The van der Waals surface area contributed by atoms with Crippen molar-refractivity contribution in [3.8, 4) is 11.1 Å². The predicted molar refractivity (Wildman–Crippen MR) is 66.4 cm³/mol. The van der Waals surface area contributed by atoms with Crippen LogP contribution in [0, 0.1) is 10.1 Å². The molecule has 0 aliphatic carbocycles. The van der Waals surface area contributed by atoms with E-state index in [2.05, 4.69) is 0 Å². The summed E-state index contributed by atoms with van der Waals surface area (Å²) in [5.41, 5.74) is 1.70. The van der Waals surface area contributed by atoms with Gasteiger partial charge in [0.15, 0.2) is 5.78 Å². The Kier molecular flexibility index (Phi) is 3.01. The van der Waals surface area contributed by atoms with E-state index in [0.29, 0.717) is 4.88 Å². The molecule has 0 N–H and O–H groups in total. The Morgan fingerprint density at radius 3 is 2.41 bits per heavy atom. The number of Topliss-reactive ketones (excluding diaryl/α,β-unsaturated/α-hetero) is 1. The number of thiophene rings is 1. The zero-order chi connectivity index (χ0) is 12.4. The molecule has 0 atom stereocenters. The molecule has 4 nitrogen and oxygen atoms in total. The lowest BCUT2D eigenvalue weighted by Crippen LogP contribution is -1.91. The summed E-state index contributed by atoms with van der Waals surface area (Å²) in [5.74, 6) is 0.00773. The summed E-state index contributed by atoms with van der Waals surface area (Å²) in [6, 6.07) is 8.05. The first-order chi connectivity index (χ1) is 8.09. The fourth-order valence-electron chi connectivity index (χ4n) is 1.57. The molecule has 1 heterocycles. The van der Waals surface area contributed by atoms with E-state index in [1.165, 1.54) is 30.4 Å². The minimum Gasteiger partial charge on any atom is -0.294 e. The first kappa shape index (κ1) is 11.5. The second kappa shape index (κ2) is 4.47. The lowest BCUT2D eigenvalue weighted by molar-refractivity contribution is -0.384. The molecule has 0 saturated heterocycles. The van der Waals surface area contributed by atoms with Crippen molar-refractivity contribution in [2.45, 2.75) is 6.92 Å². The van der Waals surface area contributed by atoms with Crippen molar-refractivity contribution >= 4 is 22.8 Å². The summed E-state index contributed by atoms with van der Waals surface area (Å²) in [5, 5.41) is 12.4. The largest absolute Gasteiger partial charge is 0.294 e. The van der Waals surface area contributed by atoms with E-state index in [4.69, 9.17) is 0 Å². The highest BCUT2D eigenvalue weighted by molar-refractivity contribution is 7.12. The van der Waals surface area contributed by atoms with E-state index in [1.807, 2.05) is 11.4 Å². The zero-order valence-corrected chi connectivity index (χ0v) is 9.86. The Morgan fingerprint density at radius 1 is 1.24 bits per heavy atom. The van der Waals surface area contributed by atoms with Crippen LogP contribution in [0.3, 0.4) is 0 Å². The second-order valence-electron chi connectivity index (χ2n) is 3.52. The fraction of sp³-hybridized carbons (Fsp3) is 0.0833. The van der Waals surface area contributed by atoms with Crippen LogP contribution < -0.4 is 0 Å². The van der Waals surface area contributed by atoms with E-state index in [9.17, 15) is 14.9 Å². The summed E-state index contributed by atoms with van der Waals surface area (Å²) in [4.78, 5) is 22.1. The van der Waals surface area contributed by atoms with Crippen LogP contribution >= 0.6 is 11.3 Å². The van der Waals surface area contributed by atoms with Gasteiger partial charge in [-0.3, -0.25) is 14.9 Å². The van der Waals surface area contributed by atoms with Crippen LogP contribution in [0.25, 0.3) is 11.1 Å². The Labute approximate surface area is 102 Å². The van der Waals surface area contributed by atoms with Gasteiger partial charge < -0.3 is 0 Å². The zero-order valence-electron chi connectivity index (χ0n) is 9.04. The average Bonchev–Trinajstić information content (AvgIpc) is 2.78. The van der Waals surface area contributed by atoms with Gasteiger partial charge in [-0.15, -0.1) is 11.3 Å². The molecule has 5 heteroatoms. The molecular weight excluding hydrogens is 238 g/mol. The quantitative estimate of drug-likeness (QED) is 0.473. The first-order valence-corrected chi connectivity index (χ1v) is 5.81. The highest BCUT2D eigenvalue weighted by atomic mass is 32.1. The number of nitro groups is 1. The Hall–Kier alpha value is -2.01. The van der Waals surface area contributed by atoms with E-state index in [0.717, 1.165) is 11.1 Å². The number of carbonyl (C=O) groups excluding carboxylic acids is 1. The van der Waals surface area contributed by atoms with Gasteiger partial charge in [0.25, 0.3) is 5.69 Å². The van der Waals surface area contributed by atoms with Crippen LogP contribution in [0.5, 0.6) is 0 Å². The number of non-ortho nitro benzene ring substituents is 1. The SMILES string of the molecule is CC(=O)c1sccc1-c1ccc([N+](=O)[O-])cc1. The third-order valence-electron chi connectivity index (χ3n) is 2.37. The van der Waals surface area contributed by atoms with Gasteiger partial charge in [0.1, 0.15) is 0 Å². The lowest BCUT2D eigenvalue weighted by atomic mass is 10.1. The monoisotopic (exact) mass is 247 g/mol. The minimum absolute atomic E-state index is 0.00773. The normalized spacial score (nSPS) is 10.2. The third-order valence-corrected chi connectivity index (χ3v) is 3.39.